The van der Waals surface area contributed by atoms with E-state index in [1.807, 2.05) is 13.3 Å². The summed E-state index contributed by atoms with van der Waals surface area (Å²) in [4.78, 5) is 4.27. The highest BCUT2D eigenvalue weighted by Gasteiger charge is 2.36. The minimum Gasteiger partial charge on any atom is -0.296 e. The van der Waals surface area contributed by atoms with Crippen molar-refractivity contribution in [1.29, 1.82) is 0 Å². The summed E-state index contributed by atoms with van der Waals surface area (Å²) in [6.45, 7) is 4.71. The zero-order valence-corrected chi connectivity index (χ0v) is 25.3. The van der Waals surface area contributed by atoms with E-state index >= 15 is 0 Å². The smallest absolute Gasteiger partial charge is 0.0281 e. The summed E-state index contributed by atoms with van der Waals surface area (Å²) in [7, 11) is 1.83. The molecule has 7 aromatic rings. The number of benzene rings is 7. The van der Waals surface area contributed by atoms with Gasteiger partial charge < -0.3 is 0 Å². The Balaban J connectivity index is 1.40. The molecule has 0 radical (unpaired) electrons. The van der Waals surface area contributed by atoms with Gasteiger partial charge in [0.1, 0.15) is 0 Å². The maximum Gasteiger partial charge on any atom is 0.0281 e. The van der Waals surface area contributed by atoms with Crippen LogP contribution in [-0.2, 0) is 5.41 Å². The molecule has 1 aliphatic rings. The molecule has 1 nitrogen and oxygen atoms in total. The Morgan fingerprint density at radius 3 is 1.61 bits per heavy atom. The van der Waals surface area contributed by atoms with Crippen molar-refractivity contribution < 1.29 is 0 Å². The number of hydrogen-bond donors (Lipinski definition) is 0. The van der Waals surface area contributed by atoms with Crippen molar-refractivity contribution in [3.63, 3.8) is 0 Å². The highest BCUT2D eigenvalue weighted by Crippen LogP contribution is 2.52. The Morgan fingerprint density at radius 2 is 0.977 bits per heavy atom. The summed E-state index contributed by atoms with van der Waals surface area (Å²) in [6, 6.07) is 51.4. The van der Waals surface area contributed by atoms with Crippen LogP contribution >= 0.6 is 0 Å². The summed E-state index contributed by atoms with van der Waals surface area (Å²) in [5.41, 5.74) is 14.0. The maximum absolute atomic E-state index is 4.27. The van der Waals surface area contributed by atoms with Crippen LogP contribution in [0.5, 0.6) is 0 Å². The van der Waals surface area contributed by atoms with Crippen molar-refractivity contribution in [3.05, 3.63) is 156 Å². The van der Waals surface area contributed by atoms with Crippen molar-refractivity contribution in [2.75, 3.05) is 7.05 Å². The normalized spacial score (nSPS) is 13.4. The van der Waals surface area contributed by atoms with Crippen LogP contribution in [0.4, 0.5) is 0 Å². The van der Waals surface area contributed by atoms with Gasteiger partial charge in [0.05, 0.1) is 0 Å². The fraction of sp³-hybridized carbons (Fsp3) is 0.0930. The van der Waals surface area contributed by atoms with E-state index in [0.29, 0.717) is 0 Å². The monoisotopic (exact) mass is 563 g/mol. The first-order valence-electron chi connectivity index (χ1n) is 15.4. The second-order valence-corrected chi connectivity index (χ2v) is 12.3. The zero-order valence-electron chi connectivity index (χ0n) is 25.3. The molecule has 0 aliphatic heterocycles. The molecule has 0 atom stereocenters. The number of hydrogen-bond acceptors (Lipinski definition) is 1. The van der Waals surface area contributed by atoms with Crippen LogP contribution in [-0.4, -0.2) is 13.3 Å². The van der Waals surface area contributed by atoms with Gasteiger partial charge in [-0.25, -0.2) is 0 Å². The summed E-state index contributed by atoms with van der Waals surface area (Å²) < 4.78 is 0. The number of fused-ring (bicyclic) bond motifs is 5. The topological polar surface area (TPSA) is 12.4 Å². The predicted molar refractivity (Wildman–Crippen MR) is 189 cm³/mol. The SMILES string of the molecule is CN=Cc1ccc2c(c1)C(C)(C)c1cc(-c3c4ccccc4c(-c4ccccc4-c4ccccc4)c4ccccc34)ccc1-2. The van der Waals surface area contributed by atoms with Crippen LogP contribution in [0.15, 0.2) is 145 Å². The van der Waals surface area contributed by atoms with Crippen LogP contribution in [0, 0.1) is 0 Å². The lowest BCUT2D eigenvalue weighted by Crippen LogP contribution is -2.15. The molecule has 1 aliphatic carbocycles. The molecule has 0 fully saturated rings. The largest absolute Gasteiger partial charge is 0.296 e. The van der Waals surface area contributed by atoms with Gasteiger partial charge in [-0.05, 0) is 94.9 Å². The lowest BCUT2D eigenvalue weighted by atomic mass is 9.80. The molecule has 0 amide bonds. The van der Waals surface area contributed by atoms with Crippen LogP contribution in [0.1, 0.15) is 30.5 Å². The minimum absolute atomic E-state index is 0.113. The molecule has 210 valence electrons. The Bertz CT molecular complexity index is 2200. The molecule has 0 saturated carbocycles. The molecule has 0 aromatic heterocycles. The highest BCUT2D eigenvalue weighted by molar-refractivity contribution is 6.22. The first-order valence-corrected chi connectivity index (χ1v) is 15.4. The third kappa shape index (κ3) is 3.97. The van der Waals surface area contributed by atoms with Crippen molar-refractivity contribution >= 4 is 27.8 Å². The van der Waals surface area contributed by atoms with Crippen molar-refractivity contribution in [1.82, 2.24) is 0 Å². The van der Waals surface area contributed by atoms with Gasteiger partial charge in [0.25, 0.3) is 0 Å². The predicted octanol–water partition coefficient (Wildman–Crippen LogP) is 11.3. The Kier molecular flexibility index (Phi) is 6.10. The molecule has 44 heavy (non-hydrogen) atoms. The van der Waals surface area contributed by atoms with E-state index in [1.54, 1.807) is 0 Å². The number of rotatable bonds is 4. The summed E-state index contributed by atoms with van der Waals surface area (Å²) >= 11 is 0. The van der Waals surface area contributed by atoms with Gasteiger partial charge in [0.2, 0.25) is 0 Å². The van der Waals surface area contributed by atoms with Gasteiger partial charge in [-0.1, -0.05) is 141 Å². The lowest BCUT2D eigenvalue weighted by molar-refractivity contribution is 0.660. The van der Waals surface area contributed by atoms with Gasteiger partial charge in [-0.3, -0.25) is 4.99 Å². The molecule has 8 rings (SSSR count). The van der Waals surface area contributed by atoms with Crippen LogP contribution in [0.3, 0.4) is 0 Å². The van der Waals surface area contributed by atoms with Crippen LogP contribution in [0.25, 0.3) is 66.1 Å². The van der Waals surface area contributed by atoms with Crippen molar-refractivity contribution in [3.8, 4) is 44.5 Å². The van der Waals surface area contributed by atoms with E-state index in [2.05, 4.69) is 158 Å². The van der Waals surface area contributed by atoms with Gasteiger partial charge in [0, 0.05) is 18.7 Å². The molecule has 1 heteroatoms. The number of aliphatic imine (C=N–C) groups is 1. The zero-order chi connectivity index (χ0) is 29.8. The standard InChI is InChI=1S/C43H33N/c1-43(2)39-25-28(27-44-3)21-23-32(39)33-24-22-30(26-40(33)43)41-35-17-9-11-19-37(35)42(38-20-12-10-18-36(38)41)34-16-8-7-15-31(34)29-13-5-4-6-14-29/h4-27H,1-3H3. The summed E-state index contributed by atoms with van der Waals surface area (Å²) in [5, 5.41) is 5.10. The molecule has 0 bridgehead atoms. The van der Waals surface area contributed by atoms with E-state index in [4.69, 9.17) is 0 Å². The Labute approximate surface area is 259 Å². The molecule has 0 unspecified atom stereocenters. The molecule has 0 N–H and O–H groups in total. The number of nitrogens with zero attached hydrogens (tertiary/aromatic N) is 1. The Morgan fingerprint density at radius 1 is 0.455 bits per heavy atom. The minimum atomic E-state index is -0.113. The highest BCUT2D eigenvalue weighted by atomic mass is 14.6. The third-order valence-corrected chi connectivity index (χ3v) is 9.48. The first-order chi connectivity index (χ1) is 21.6. The van der Waals surface area contributed by atoms with E-state index in [1.165, 1.54) is 77.2 Å². The second kappa shape index (κ2) is 10.2. The van der Waals surface area contributed by atoms with E-state index in [9.17, 15) is 0 Å². The Hall–Kier alpha value is -5.27. The summed E-state index contributed by atoms with van der Waals surface area (Å²) in [5.74, 6) is 0. The third-order valence-electron chi connectivity index (χ3n) is 9.48. The van der Waals surface area contributed by atoms with Gasteiger partial charge in [0.15, 0.2) is 0 Å². The molecule has 0 spiro atoms. The maximum atomic E-state index is 4.27. The molecule has 0 saturated heterocycles. The van der Waals surface area contributed by atoms with Gasteiger partial charge >= 0.3 is 0 Å². The van der Waals surface area contributed by atoms with E-state index in [-0.39, 0.29) is 5.41 Å². The molecule has 7 aromatic carbocycles. The van der Waals surface area contributed by atoms with E-state index < -0.39 is 0 Å². The second-order valence-electron chi connectivity index (χ2n) is 12.3. The van der Waals surface area contributed by atoms with Gasteiger partial charge in [-0.2, -0.15) is 0 Å². The molecular weight excluding hydrogens is 530 g/mol. The first kappa shape index (κ1) is 26.4. The van der Waals surface area contributed by atoms with E-state index in [0.717, 1.165) is 5.56 Å². The van der Waals surface area contributed by atoms with Gasteiger partial charge in [-0.15, -0.1) is 0 Å². The van der Waals surface area contributed by atoms with Crippen molar-refractivity contribution in [2.24, 2.45) is 4.99 Å². The van der Waals surface area contributed by atoms with Crippen LogP contribution < -0.4 is 0 Å². The average Bonchev–Trinajstić information content (AvgIpc) is 3.29. The fourth-order valence-corrected chi connectivity index (χ4v) is 7.44. The molecule has 0 heterocycles. The van der Waals surface area contributed by atoms with Crippen LogP contribution in [0.2, 0.25) is 0 Å². The summed E-state index contributed by atoms with van der Waals surface area (Å²) in [6.07, 6.45) is 1.94. The average molecular weight is 564 g/mol. The lowest BCUT2D eigenvalue weighted by Gasteiger charge is -2.23. The fourth-order valence-electron chi connectivity index (χ4n) is 7.44. The quantitative estimate of drug-likeness (QED) is 0.149. The van der Waals surface area contributed by atoms with Crippen molar-refractivity contribution in [2.45, 2.75) is 19.3 Å². The molecular formula is C43H33N.